The van der Waals surface area contributed by atoms with Crippen LogP contribution in [0.25, 0.3) is 0 Å². The number of carbonyl (C=O) groups is 3. The van der Waals surface area contributed by atoms with Crippen LogP contribution in [0, 0.1) is 11.7 Å². The molecule has 0 bridgehead atoms. The van der Waals surface area contributed by atoms with E-state index in [-0.39, 0.29) is 36.6 Å². The highest BCUT2D eigenvalue weighted by Crippen LogP contribution is 2.29. The fourth-order valence-corrected chi connectivity index (χ4v) is 3.67. The molecule has 1 aromatic carbocycles. The minimum absolute atomic E-state index is 0.0144. The van der Waals surface area contributed by atoms with Crippen LogP contribution in [0.1, 0.15) is 32.1 Å². The fourth-order valence-electron chi connectivity index (χ4n) is 3.67. The van der Waals surface area contributed by atoms with Crippen LogP contribution < -0.4 is 10.1 Å². The Hall–Kier alpha value is -2.64. The largest absolute Gasteiger partial charge is 0.478 e. The van der Waals surface area contributed by atoms with Crippen LogP contribution in [0.15, 0.2) is 24.3 Å². The Morgan fingerprint density at radius 2 is 1.93 bits per heavy atom. The topological polar surface area (TPSA) is 95.9 Å². The first-order chi connectivity index (χ1) is 12.9. The van der Waals surface area contributed by atoms with Crippen molar-refractivity contribution in [3.8, 4) is 5.75 Å². The van der Waals surface area contributed by atoms with Crippen molar-refractivity contribution in [3.63, 3.8) is 0 Å². The van der Waals surface area contributed by atoms with Crippen molar-refractivity contribution >= 4 is 17.8 Å². The van der Waals surface area contributed by atoms with Crippen LogP contribution in [0.2, 0.25) is 0 Å². The SMILES string of the molecule is O=C(NCC(Oc1ccc(F)cc1)C(=O)O)C1CC(=O)N(C2CCCC2)C1. The molecule has 2 amide bonds. The number of hydrogen-bond acceptors (Lipinski definition) is 4. The molecule has 3 rings (SSSR count). The van der Waals surface area contributed by atoms with Gasteiger partial charge in [-0.05, 0) is 37.1 Å². The lowest BCUT2D eigenvalue weighted by atomic mass is 10.1. The van der Waals surface area contributed by atoms with E-state index < -0.39 is 23.8 Å². The number of carboxylic acid groups (broad SMARTS) is 1. The lowest BCUT2D eigenvalue weighted by Gasteiger charge is -2.24. The Kier molecular flexibility index (Phi) is 5.93. The summed E-state index contributed by atoms with van der Waals surface area (Å²) >= 11 is 0. The van der Waals surface area contributed by atoms with E-state index in [4.69, 9.17) is 4.74 Å². The normalized spacial score (nSPS) is 21.3. The van der Waals surface area contributed by atoms with E-state index in [0.29, 0.717) is 6.54 Å². The third-order valence-electron chi connectivity index (χ3n) is 5.12. The summed E-state index contributed by atoms with van der Waals surface area (Å²) in [4.78, 5) is 37.7. The molecule has 2 aliphatic rings. The highest BCUT2D eigenvalue weighted by molar-refractivity contribution is 5.89. The van der Waals surface area contributed by atoms with Gasteiger partial charge >= 0.3 is 5.97 Å². The van der Waals surface area contributed by atoms with Gasteiger partial charge in [-0.25, -0.2) is 9.18 Å². The van der Waals surface area contributed by atoms with Gasteiger partial charge in [0.1, 0.15) is 11.6 Å². The quantitative estimate of drug-likeness (QED) is 0.751. The number of carbonyl (C=O) groups excluding carboxylic acids is 2. The second kappa shape index (κ2) is 8.37. The highest BCUT2D eigenvalue weighted by atomic mass is 19.1. The molecule has 7 nitrogen and oxygen atoms in total. The number of ether oxygens (including phenoxy) is 1. The van der Waals surface area contributed by atoms with Crippen molar-refractivity contribution in [2.45, 2.75) is 44.2 Å². The Morgan fingerprint density at radius 1 is 1.26 bits per heavy atom. The third kappa shape index (κ3) is 4.75. The molecule has 1 heterocycles. The second-order valence-electron chi connectivity index (χ2n) is 7.03. The molecule has 1 aromatic rings. The summed E-state index contributed by atoms with van der Waals surface area (Å²) in [7, 11) is 0. The number of benzene rings is 1. The fraction of sp³-hybridized carbons (Fsp3) is 0.526. The molecule has 1 aliphatic carbocycles. The number of carboxylic acids is 1. The van der Waals surface area contributed by atoms with E-state index >= 15 is 0 Å². The Bertz CT molecular complexity index is 703. The molecule has 2 atom stereocenters. The van der Waals surface area contributed by atoms with Crippen LogP contribution in [0.4, 0.5) is 4.39 Å². The average molecular weight is 378 g/mol. The molecule has 1 saturated heterocycles. The van der Waals surface area contributed by atoms with Crippen molar-refractivity contribution in [2.75, 3.05) is 13.1 Å². The zero-order valence-corrected chi connectivity index (χ0v) is 14.9. The first kappa shape index (κ1) is 19.1. The second-order valence-corrected chi connectivity index (χ2v) is 7.03. The van der Waals surface area contributed by atoms with Crippen LogP contribution in [-0.4, -0.2) is 53.0 Å². The van der Waals surface area contributed by atoms with Gasteiger partial charge in [0.05, 0.1) is 12.5 Å². The van der Waals surface area contributed by atoms with Crippen molar-refractivity contribution in [1.29, 1.82) is 0 Å². The number of nitrogens with one attached hydrogen (secondary N) is 1. The zero-order chi connectivity index (χ0) is 19.4. The van der Waals surface area contributed by atoms with Gasteiger partial charge in [-0.15, -0.1) is 0 Å². The standard InChI is InChI=1S/C19H23FN2O5/c20-13-5-7-15(8-6-13)27-16(19(25)26)10-21-18(24)12-9-17(23)22(11-12)14-3-1-2-4-14/h5-8,12,14,16H,1-4,9-11H2,(H,21,24)(H,25,26). The van der Waals surface area contributed by atoms with Gasteiger partial charge in [0.15, 0.2) is 0 Å². The summed E-state index contributed by atoms with van der Waals surface area (Å²) in [6, 6.07) is 5.19. The Labute approximate surface area is 156 Å². The molecule has 0 radical (unpaired) electrons. The number of amides is 2. The molecule has 146 valence electrons. The number of likely N-dealkylation sites (tertiary alicyclic amines) is 1. The number of halogens is 1. The van der Waals surface area contributed by atoms with Crippen LogP contribution in [0.5, 0.6) is 5.75 Å². The van der Waals surface area contributed by atoms with Gasteiger partial charge in [-0.1, -0.05) is 12.8 Å². The van der Waals surface area contributed by atoms with Gasteiger partial charge in [0, 0.05) is 19.0 Å². The molecule has 2 N–H and O–H groups in total. The van der Waals surface area contributed by atoms with Crippen LogP contribution in [-0.2, 0) is 14.4 Å². The molecule has 0 spiro atoms. The molecular weight excluding hydrogens is 355 g/mol. The maximum atomic E-state index is 12.9. The third-order valence-corrected chi connectivity index (χ3v) is 5.12. The number of hydrogen-bond donors (Lipinski definition) is 2. The lowest BCUT2D eigenvalue weighted by molar-refractivity contribution is -0.145. The molecule has 0 aromatic heterocycles. The van der Waals surface area contributed by atoms with E-state index in [1.54, 1.807) is 4.90 Å². The molecule has 2 fully saturated rings. The van der Waals surface area contributed by atoms with Crippen LogP contribution in [0.3, 0.4) is 0 Å². The Balaban J connectivity index is 1.52. The van der Waals surface area contributed by atoms with E-state index in [9.17, 15) is 23.9 Å². The number of nitrogens with zero attached hydrogens (tertiary/aromatic N) is 1. The molecule has 8 heteroatoms. The number of aliphatic carboxylic acids is 1. The monoisotopic (exact) mass is 378 g/mol. The van der Waals surface area contributed by atoms with Gasteiger partial charge in [0.25, 0.3) is 0 Å². The van der Waals surface area contributed by atoms with E-state index in [1.807, 2.05) is 0 Å². The van der Waals surface area contributed by atoms with E-state index in [2.05, 4.69) is 5.32 Å². The first-order valence-corrected chi connectivity index (χ1v) is 9.16. The summed E-state index contributed by atoms with van der Waals surface area (Å²) in [5.41, 5.74) is 0. The van der Waals surface area contributed by atoms with Crippen LogP contribution >= 0.6 is 0 Å². The highest BCUT2D eigenvalue weighted by Gasteiger charge is 2.38. The van der Waals surface area contributed by atoms with Crippen molar-refractivity contribution < 1.29 is 28.6 Å². The molecule has 27 heavy (non-hydrogen) atoms. The lowest BCUT2D eigenvalue weighted by Crippen LogP contribution is -2.43. The summed E-state index contributed by atoms with van der Waals surface area (Å²) < 4.78 is 18.2. The summed E-state index contributed by atoms with van der Waals surface area (Å²) in [5, 5.41) is 11.9. The van der Waals surface area contributed by atoms with Crippen molar-refractivity contribution in [3.05, 3.63) is 30.1 Å². The molecule has 1 aliphatic heterocycles. The van der Waals surface area contributed by atoms with Gasteiger partial charge in [-0.3, -0.25) is 9.59 Å². The predicted octanol–water partition coefficient (Wildman–Crippen LogP) is 1.56. The summed E-state index contributed by atoms with van der Waals surface area (Å²) in [6.07, 6.45) is 3.01. The van der Waals surface area contributed by atoms with Gasteiger partial charge < -0.3 is 20.1 Å². The van der Waals surface area contributed by atoms with E-state index in [1.165, 1.54) is 12.1 Å². The first-order valence-electron chi connectivity index (χ1n) is 9.16. The van der Waals surface area contributed by atoms with Crippen molar-refractivity contribution in [2.24, 2.45) is 5.92 Å². The average Bonchev–Trinajstić information content (AvgIpc) is 3.29. The smallest absolute Gasteiger partial charge is 0.346 e. The van der Waals surface area contributed by atoms with Gasteiger partial charge in [0.2, 0.25) is 17.9 Å². The van der Waals surface area contributed by atoms with E-state index in [0.717, 1.165) is 37.8 Å². The predicted molar refractivity (Wildman–Crippen MR) is 93.5 cm³/mol. The van der Waals surface area contributed by atoms with Gasteiger partial charge in [-0.2, -0.15) is 0 Å². The Morgan fingerprint density at radius 3 is 2.56 bits per heavy atom. The molecule has 2 unspecified atom stereocenters. The number of rotatable bonds is 7. The maximum absolute atomic E-state index is 12.9. The maximum Gasteiger partial charge on any atom is 0.346 e. The molecular formula is C19H23FN2O5. The zero-order valence-electron chi connectivity index (χ0n) is 14.9. The summed E-state index contributed by atoms with van der Waals surface area (Å²) in [6.45, 7) is 0.144. The minimum Gasteiger partial charge on any atom is -0.478 e. The summed E-state index contributed by atoms with van der Waals surface area (Å²) in [5.74, 6) is -2.34. The molecule has 1 saturated carbocycles. The van der Waals surface area contributed by atoms with Crippen molar-refractivity contribution in [1.82, 2.24) is 10.2 Å². The minimum atomic E-state index is -1.30.